The smallest absolute Gasteiger partial charge is 0.221 e. The number of aliphatic hydroxyl groups excluding tert-OH is 1. The predicted molar refractivity (Wildman–Crippen MR) is 73.4 cm³/mol. The van der Waals surface area contributed by atoms with E-state index in [0.717, 1.165) is 12.8 Å². The van der Waals surface area contributed by atoms with Gasteiger partial charge in [0.05, 0.1) is 0 Å². The monoisotopic (exact) mass is 256 g/mol. The zero-order valence-corrected chi connectivity index (χ0v) is 12.0. The first-order valence-electron chi connectivity index (χ1n) is 7.00. The molecule has 1 amide bonds. The van der Waals surface area contributed by atoms with Crippen LogP contribution in [-0.4, -0.2) is 36.8 Å². The van der Waals surface area contributed by atoms with Crippen LogP contribution in [-0.2, 0) is 4.79 Å². The van der Waals surface area contributed by atoms with Gasteiger partial charge in [0.25, 0.3) is 0 Å². The molecule has 18 heavy (non-hydrogen) atoms. The summed E-state index contributed by atoms with van der Waals surface area (Å²) in [5, 5.41) is 15.5. The van der Waals surface area contributed by atoms with Crippen molar-refractivity contribution in [2.75, 3.05) is 20.2 Å². The standard InChI is InChI=1S/C14H28N2O2/c1-13(2,11-17)10-16-12(18)9-14(15-3)7-5-4-6-8-14/h15,17H,4-11H2,1-3H3,(H,16,18). The number of rotatable bonds is 6. The molecule has 1 aliphatic rings. The normalized spacial score (nSPS) is 19.6. The molecule has 1 aliphatic carbocycles. The van der Waals surface area contributed by atoms with E-state index in [1.54, 1.807) is 0 Å². The first kappa shape index (κ1) is 15.4. The summed E-state index contributed by atoms with van der Waals surface area (Å²) < 4.78 is 0. The third kappa shape index (κ3) is 4.58. The van der Waals surface area contributed by atoms with Crippen molar-refractivity contribution in [2.24, 2.45) is 5.41 Å². The molecule has 4 heteroatoms. The second-order valence-electron chi connectivity index (χ2n) is 6.37. The van der Waals surface area contributed by atoms with Crippen molar-refractivity contribution in [3.63, 3.8) is 0 Å². The number of hydrogen-bond acceptors (Lipinski definition) is 3. The van der Waals surface area contributed by atoms with E-state index in [-0.39, 0.29) is 23.5 Å². The third-order valence-electron chi connectivity index (χ3n) is 4.03. The number of aliphatic hydroxyl groups is 1. The van der Waals surface area contributed by atoms with Crippen LogP contribution >= 0.6 is 0 Å². The van der Waals surface area contributed by atoms with Crippen LogP contribution in [0.1, 0.15) is 52.4 Å². The highest BCUT2D eigenvalue weighted by Crippen LogP contribution is 2.30. The highest BCUT2D eigenvalue weighted by Gasteiger charge is 2.32. The van der Waals surface area contributed by atoms with E-state index < -0.39 is 0 Å². The van der Waals surface area contributed by atoms with E-state index in [2.05, 4.69) is 10.6 Å². The van der Waals surface area contributed by atoms with E-state index in [0.29, 0.717) is 13.0 Å². The van der Waals surface area contributed by atoms with E-state index in [4.69, 9.17) is 5.11 Å². The topological polar surface area (TPSA) is 61.4 Å². The first-order valence-corrected chi connectivity index (χ1v) is 7.00. The minimum atomic E-state index is -0.241. The molecule has 0 unspecified atom stereocenters. The van der Waals surface area contributed by atoms with E-state index >= 15 is 0 Å². The van der Waals surface area contributed by atoms with Gasteiger partial charge in [0.15, 0.2) is 0 Å². The highest BCUT2D eigenvalue weighted by molar-refractivity contribution is 5.77. The van der Waals surface area contributed by atoms with Crippen molar-refractivity contribution in [2.45, 2.75) is 57.9 Å². The molecule has 1 saturated carbocycles. The van der Waals surface area contributed by atoms with Gasteiger partial charge in [-0.05, 0) is 19.9 Å². The molecule has 0 bridgehead atoms. The average Bonchev–Trinajstić information content (AvgIpc) is 2.38. The van der Waals surface area contributed by atoms with E-state index in [1.165, 1.54) is 19.3 Å². The second kappa shape index (κ2) is 6.53. The Kier molecular flexibility index (Phi) is 5.60. The van der Waals surface area contributed by atoms with E-state index in [9.17, 15) is 4.79 Å². The maximum absolute atomic E-state index is 12.0. The van der Waals surface area contributed by atoms with Crippen LogP contribution in [0.3, 0.4) is 0 Å². The van der Waals surface area contributed by atoms with Gasteiger partial charge in [-0.3, -0.25) is 4.79 Å². The molecular weight excluding hydrogens is 228 g/mol. The van der Waals surface area contributed by atoms with Crippen LogP contribution in [0.15, 0.2) is 0 Å². The van der Waals surface area contributed by atoms with Crippen molar-refractivity contribution >= 4 is 5.91 Å². The summed E-state index contributed by atoms with van der Waals surface area (Å²) in [6.45, 7) is 4.51. The van der Waals surface area contributed by atoms with Crippen molar-refractivity contribution < 1.29 is 9.90 Å². The summed E-state index contributed by atoms with van der Waals surface area (Å²) in [6, 6.07) is 0. The molecule has 4 nitrogen and oxygen atoms in total. The van der Waals surface area contributed by atoms with Gasteiger partial charge < -0.3 is 15.7 Å². The summed E-state index contributed by atoms with van der Waals surface area (Å²) >= 11 is 0. The number of nitrogens with one attached hydrogen (secondary N) is 2. The van der Waals surface area contributed by atoms with Crippen LogP contribution in [0.2, 0.25) is 0 Å². The molecule has 0 radical (unpaired) electrons. The minimum absolute atomic E-state index is 0.00824. The van der Waals surface area contributed by atoms with Crippen molar-refractivity contribution in [3.8, 4) is 0 Å². The molecule has 0 atom stereocenters. The Morgan fingerprint density at radius 3 is 2.39 bits per heavy atom. The van der Waals surface area contributed by atoms with Gasteiger partial charge in [-0.25, -0.2) is 0 Å². The minimum Gasteiger partial charge on any atom is -0.396 e. The number of amides is 1. The maximum atomic E-state index is 12.0. The molecule has 1 rings (SSSR count). The molecule has 0 aromatic heterocycles. The van der Waals surface area contributed by atoms with Gasteiger partial charge in [-0.2, -0.15) is 0 Å². The molecule has 0 heterocycles. The Labute approximate surface area is 111 Å². The molecule has 0 aromatic carbocycles. The summed E-state index contributed by atoms with van der Waals surface area (Å²) in [6.07, 6.45) is 6.40. The Morgan fingerprint density at radius 2 is 1.89 bits per heavy atom. The molecule has 0 spiro atoms. The van der Waals surface area contributed by atoms with E-state index in [1.807, 2.05) is 20.9 Å². The summed E-state index contributed by atoms with van der Waals surface area (Å²) in [5.74, 6) is 0.0905. The summed E-state index contributed by atoms with van der Waals surface area (Å²) in [4.78, 5) is 12.0. The second-order valence-corrected chi connectivity index (χ2v) is 6.37. The zero-order chi connectivity index (χ0) is 13.6. The van der Waals surface area contributed by atoms with Crippen molar-refractivity contribution in [1.29, 1.82) is 0 Å². The molecule has 3 N–H and O–H groups in total. The van der Waals surface area contributed by atoms with Gasteiger partial charge in [-0.1, -0.05) is 33.1 Å². The van der Waals surface area contributed by atoms with Crippen LogP contribution in [0.4, 0.5) is 0 Å². The lowest BCUT2D eigenvalue weighted by Gasteiger charge is -2.37. The molecule has 1 fully saturated rings. The average molecular weight is 256 g/mol. The molecule has 0 aliphatic heterocycles. The number of carbonyl (C=O) groups is 1. The lowest BCUT2D eigenvalue weighted by molar-refractivity contribution is -0.123. The van der Waals surface area contributed by atoms with Crippen molar-refractivity contribution in [3.05, 3.63) is 0 Å². The SMILES string of the molecule is CNC1(CC(=O)NCC(C)(C)CO)CCCCC1. The summed E-state index contributed by atoms with van der Waals surface area (Å²) in [7, 11) is 1.95. The van der Waals surface area contributed by atoms with Crippen LogP contribution < -0.4 is 10.6 Å². The Bertz CT molecular complexity index is 271. The Morgan fingerprint density at radius 1 is 1.28 bits per heavy atom. The van der Waals surface area contributed by atoms with Gasteiger partial charge in [0.2, 0.25) is 5.91 Å². The molecular formula is C14H28N2O2. The quantitative estimate of drug-likeness (QED) is 0.674. The van der Waals surface area contributed by atoms with Crippen LogP contribution in [0.5, 0.6) is 0 Å². The maximum Gasteiger partial charge on any atom is 0.221 e. The van der Waals surface area contributed by atoms with Gasteiger partial charge in [-0.15, -0.1) is 0 Å². The number of hydrogen-bond donors (Lipinski definition) is 3. The lowest BCUT2D eigenvalue weighted by atomic mass is 9.79. The third-order valence-corrected chi connectivity index (χ3v) is 4.03. The van der Waals surface area contributed by atoms with Crippen molar-refractivity contribution in [1.82, 2.24) is 10.6 Å². The fourth-order valence-electron chi connectivity index (χ4n) is 2.51. The molecule has 0 saturated heterocycles. The largest absolute Gasteiger partial charge is 0.396 e. The van der Waals surface area contributed by atoms with Gasteiger partial charge in [0, 0.05) is 30.5 Å². The fraction of sp³-hybridized carbons (Fsp3) is 0.929. The molecule has 0 aromatic rings. The fourth-order valence-corrected chi connectivity index (χ4v) is 2.51. The lowest BCUT2D eigenvalue weighted by Crippen LogP contribution is -2.49. The predicted octanol–water partition coefficient (Wildman–Crippen LogP) is 1.43. The zero-order valence-electron chi connectivity index (χ0n) is 12.0. The summed E-state index contributed by atoms with van der Waals surface area (Å²) in [5.41, 5.74) is -0.249. The van der Waals surface area contributed by atoms with Crippen LogP contribution in [0, 0.1) is 5.41 Å². The van der Waals surface area contributed by atoms with Gasteiger partial charge >= 0.3 is 0 Å². The Hall–Kier alpha value is -0.610. The van der Waals surface area contributed by atoms with Gasteiger partial charge in [0.1, 0.15) is 0 Å². The Balaban J connectivity index is 2.42. The number of carbonyl (C=O) groups excluding carboxylic acids is 1. The van der Waals surface area contributed by atoms with Crippen LogP contribution in [0.25, 0.3) is 0 Å². The first-order chi connectivity index (χ1) is 8.43. The molecule has 106 valence electrons. The highest BCUT2D eigenvalue weighted by atomic mass is 16.3.